The van der Waals surface area contributed by atoms with Crippen LogP contribution in [-0.4, -0.2) is 41.1 Å². The molecule has 1 aromatic carbocycles. The number of methoxy groups -OCH3 is 1. The largest absolute Gasteiger partial charge is 0.494 e. The Kier molecular flexibility index (Phi) is 5.38. The van der Waals surface area contributed by atoms with Gasteiger partial charge in [0.2, 0.25) is 11.7 Å². The quantitative estimate of drug-likeness (QED) is 0.645. The summed E-state index contributed by atoms with van der Waals surface area (Å²) in [5.41, 5.74) is 1.28. The number of thiophene rings is 1. The van der Waals surface area contributed by atoms with Crippen molar-refractivity contribution in [3.63, 3.8) is 0 Å². The van der Waals surface area contributed by atoms with Gasteiger partial charge in [0.15, 0.2) is 11.6 Å². The van der Waals surface area contributed by atoms with Crippen molar-refractivity contribution in [3.8, 4) is 17.1 Å². The number of benzene rings is 1. The maximum Gasteiger partial charge on any atom is 0.253 e. The fourth-order valence-corrected chi connectivity index (χ4v) is 4.13. The van der Waals surface area contributed by atoms with Gasteiger partial charge in [-0.3, -0.25) is 4.79 Å². The van der Waals surface area contributed by atoms with E-state index >= 15 is 0 Å². The number of carbonyl (C=O) groups is 1. The van der Waals surface area contributed by atoms with Crippen molar-refractivity contribution in [1.29, 1.82) is 0 Å². The summed E-state index contributed by atoms with van der Waals surface area (Å²) in [6.07, 6.45) is 2.50. The molecule has 1 saturated heterocycles. The van der Waals surface area contributed by atoms with Crippen LogP contribution in [0.3, 0.4) is 0 Å². The van der Waals surface area contributed by atoms with E-state index in [1.54, 1.807) is 22.3 Å². The number of nitrogens with zero attached hydrogens (tertiary/aromatic N) is 3. The molecule has 28 heavy (non-hydrogen) atoms. The number of halogens is 1. The van der Waals surface area contributed by atoms with Gasteiger partial charge >= 0.3 is 0 Å². The van der Waals surface area contributed by atoms with Gasteiger partial charge in [0.05, 0.1) is 7.11 Å². The minimum Gasteiger partial charge on any atom is -0.494 e. The minimum atomic E-state index is -0.534. The molecule has 1 atom stereocenters. The van der Waals surface area contributed by atoms with Crippen molar-refractivity contribution in [2.75, 3.05) is 20.2 Å². The van der Waals surface area contributed by atoms with Gasteiger partial charge < -0.3 is 14.2 Å². The lowest BCUT2D eigenvalue weighted by Crippen LogP contribution is -2.40. The first-order valence-corrected chi connectivity index (χ1v) is 10.1. The Morgan fingerprint density at radius 2 is 2.32 bits per heavy atom. The van der Waals surface area contributed by atoms with Crippen LogP contribution in [0.25, 0.3) is 11.4 Å². The zero-order valence-electron chi connectivity index (χ0n) is 15.4. The fraction of sp³-hybridized carbons (Fsp3) is 0.350. The van der Waals surface area contributed by atoms with Gasteiger partial charge in [-0.2, -0.15) is 16.3 Å². The number of hydrogen-bond donors (Lipinski definition) is 0. The third-order valence-electron chi connectivity index (χ3n) is 4.92. The van der Waals surface area contributed by atoms with E-state index in [1.807, 2.05) is 16.8 Å². The second kappa shape index (κ2) is 8.10. The number of hydrogen-bond acceptors (Lipinski definition) is 6. The zero-order chi connectivity index (χ0) is 19.5. The monoisotopic (exact) mass is 401 g/mol. The first-order chi connectivity index (χ1) is 13.6. The number of ether oxygens (including phenoxy) is 1. The van der Waals surface area contributed by atoms with Gasteiger partial charge in [0.25, 0.3) is 5.91 Å². The van der Waals surface area contributed by atoms with Crippen LogP contribution < -0.4 is 4.74 Å². The van der Waals surface area contributed by atoms with E-state index < -0.39 is 5.82 Å². The summed E-state index contributed by atoms with van der Waals surface area (Å²) in [6.45, 7) is 1.25. The number of aromatic nitrogens is 2. The highest BCUT2D eigenvalue weighted by atomic mass is 32.1. The van der Waals surface area contributed by atoms with Crippen molar-refractivity contribution in [2.24, 2.45) is 5.92 Å². The van der Waals surface area contributed by atoms with Crippen LogP contribution in [0.4, 0.5) is 4.39 Å². The third-order valence-corrected chi connectivity index (χ3v) is 5.60. The van der Waals surface area contributed by atoms with Crippen molar-refractivity contribution < 1.29 is 18.4 Å². The van der Waals surface area contributed by atoms with Gasteiger partial charge in [-0.25, -0.2) is 4.39 Å². The van der Waals surface area contributed by atoms with Gasteiger partial charge in [-0.05, 0) is 48.4 Å². The number of carbonyl (C=O) groups excluding carboxylic acids is 1. The van der Waals surface area contributed by atoms with Gasteiger partial charge in [0, 0.05) is 36.0 Å². The molecule has 8 heteroatoms. The summed E-state index contributed by atoms with van der Waals surface area (Å²) < 4.78 is 24.2. The summed E-state index contributed by atoms with van der Waals surface area (Å²) in [5.74, 6) is 0.830. The van der Waals surface area contributed by atoms with Crippen LogP contribution in [0.15, 0.2) is 39.5 Å². The predicted octanol–water partition coefficient (Wildman–Crippen LogP) is 4.04. The lowest BCUT2D eigenvalue weighted by atomic mass is 9.94. The molecule has 1 aliphatic heterocycles. The molecule has 0 radical (unpaired) electrons. The second-order valence-corrected chi connectivity index (χ2v) is 7.62. The van der Waals surface area contributed by atoms with Crippen LogP contribution in [0.5, 0.6) is 5.75 Å². The maximum atomic E-state index is 13.9. The molecule has 4 rings (SSSR count). The number of amides is 1. The van der Waals surface area contributed by atoms with E-state index in [1.165, 1.54) is 19.2 Å². The fourth-order valence-electron chi connectivity index (χ4n) is 3.49. The van der Waals surface area contributed by atoms with Crippen LogP contribution in [0.2, 0.25) is 0 Å². The molecular weight excluding hydrogens is 381 g/mol. The Morgan fingerprint density at radius 1 is 1.43 bits per heavy atom. The van der Waals surface area contributed by atoms with Crippen LogP contribution >= 0.6 is 11.3 Å². The average Bonchev–Trinajstić information content (AvgIpc) is 3.39. The van der Waals surface area contributed by atoms with E-state index in [9.17, 15) is 9.18 Å². The van der Waals surface area contributed by atoms with Crippen molar-refractivity contribution in [1.82, 2.24) is 15.0 Å². The summed E-state index contributed by atoms with van der Waals surface area (Å²) >= 11 is 1.58. The number of likely N-dealkylation sites (tertiary alicyclic amines) is 1. The first kappa shape index (κ1) is 18.6. The van der Waals surface area contributed by atoms with E-state index in [0.717, 1.165) is 18.4 Å². The molecule has 2 aromatic heterocycles. The molecule has 1 fully saturated rings. The summed E-state index contributed by atoms with van der Waals surface area (Å²) in [5, 5.41) is 7.98. The van der Waals surface area contributed by atoms with Crippen LogP contribution in [0.1, 0.15) is 29.1 Å². The molecule has 146 valence electrons. The highest BCUT2D eigenvalue weighted by molar-refractivity contribution is 7.08. The molecule has 6 nitrogen and oxygen atoms in total. The highest BCUT2D eigenvalue weighted by Crippen LogP contribution is 2.25. The van der Waals surface area contributed by atoms with Gasteiger partial charge in [-0.15, -0.1) is 0 Å². The summed E-state index contributed by atoms with van der Waals surface area (Å²) in [7, 11) is 1.40. The Hall–Kier alpha value is -2.74. The van der Waals surface area contributed by atoms with E-state index in [2.05, 4.69) is 10.1 Å². The molecule has 1 aliphatic rings. The Balaban J connectivity index is 1.41. The van der Waals surface area contributed by atoms with Crippen molar-refractivity contribution in [3.05, 3.63) is 52.3 Å². The normalized spacial score (nSPS) is 16.9. The predicted molar refractivity (Wildman–Crippen MR) is 103 cm³/mol. The lowest BCUT2D eigenvalue weighted by molar-refractivity contribution is 0.0667. The van der Waals surface area contributed by atoms with Gasteiger partial charge in [0.1, 0.15) is 0 Å². The Morgan fingerprint density at radius 3 is 3.07 bits per heavy atom. The molecule has 1 amide bonds. The molecule has 0 saturated carbocycles. The number of rotatable bonds is 5. The maximum absolute atomic E-state index is 13.9. The molecule has 1 unspecified atom stereocenters. The lowest BCUT2D eigenvalue weighted by Gasteiger charge is -2.32. The summed E-state index contributed by atoms with van der Waals surface area (Å²) in [4.78, 5) is 19.0. The van der Waals surface area contributed by atoms with Crippen molar-refractivity contribution in [2.45, 2.75) is 19.3 Å². The van der Waals surface area contributed by atoms with Crippen LogP contribution in [-0.2, 0) is 6.42 Å². The van der Waals surface area contributed by atoms with E-state index in [4.69, 9.17) is 9.26 Å². The molecule has 3 aromatic rings. The average molecular weight is 401 g/mol. The standard InChI is InChI=1S/C20H20FN3O3S/c1-26-17-5-4-14(10-16(17)21)20(25)24-7-2-3-13(11-24)9-18-22-19(23-27-18)15-6-8-28-12-15/h4-6,8,10,12-13H,2-3,7,9,11H2,1H3. The molecule has 0 spiro atoms. The molecule has 0 bridgehead atoms. The van der Waals surface area contributed by atoms with Crippen LogP contribution in [0, 0.1) is 11.7 Å². The SMILES string of the molecule is COc1ccc(C(=O)N2CCCC(Cc3nc(-c4ccsc4)no3)C2)cc1F. The first-order valence-electron chi connectivity index (χ1n) is 9.12. The number of piperidine rings is 1. The molecule has 0 N–H and O–H groups in total. The molecule has 3 heterocycles. The minimum absolute atomic E-state index is 0.130. The van der Waals surface area contributed by atoms with E-state index in [0.29, 0.717) is 36.8 Å². The highest BCUT2D eigenvalue weighted by Gasteiger charge is 2.26. The van der Waals surface area contributed by atoms with Gasteiger partial charge in [-0.1, -0.05) is 5.16 Å². The van der Waals surface area contributed by atoms with Crippen molar-refractivity contribution >= 4 is 17.2 Å². The topological polar surface area (TPSA) is 68.5 Å². The summed E-state index contributed by atoms with van der Waals surface area (Å²) in [6, 6.07) is 6.26. The third kappa shape index (κ3) is 3.91. The zero-order valence-corrected chi connectivity index (χ0v) is 16.2. The van der Waals surface area contributed by atoms with E-state index in [-0.39, 0.29) is 17.6 Å². The Bertz CT molecular complexity index is 958. The molecular formula is C20H20FN3O3S. The smallest absolute Gasteiger partial charge is 0.253 e. The second-order valence-electron chi connectivity index (χ2n) is 6.84. The Labute approximate surface area is 165 Å². The molecule has 0 aliphatic carbocycles.